The minimum Gasteiger partial charge on any atom is -0.494 e. The maximum absolute atomic E-state index is 11.9. The molecular formula is C19H18N4O3. The monoisotopic (exact) mass is 350 g/mol. The number of amides is 1. The van der Waals surface area contributed by atoms with Crippen LogP contribution in [-0.4, -0.2) is 34.2 Å². The number of carbonyl (C=O) groups is 1. The van der Waals surface area contributed by atoms with Crippen LogP contribution in [0.4, 0.5) is 0 Å². The van der Waals surface area contributed by atoms with Crippen LogP contribution in [0.5, 0.6) is 5.75 Å². The van der Waals surface area contributed by atoms with Crippen LogP contribution in [0.25, 0.3) is 11.1 Å². The molecule has 7 nitrogen and oxygen atoms in total. The number of hydrogen-bond acceptors (Lipinski definition) is 5. The Morgan fingerprint density at radius 2 is 1.96 bits per heavy atom. The number of hydrogen-bond donors (Lipinski definition) is 2. The van der Waals surface area contributed by atoms with Crippen LogP contribution < -0.4 is 15.6 Å². The molecule has 0 aliphatic carbocycles. The fourth-order valence-electron chi connectivity index (χ4n) is 2.36. The molecule has 0 bridgehead atoms. The van der Waals surface area contributed by atoms with Crippen molar-refractivity contribution in [1.82, 2.24) is 20.5 Å². The van der Waals surface area contributed by atoms with Crippen LogP contribution >= 0.6 is 0 Å². The van der Waals surface area contributed by atoms with Gasteiger partial charge in [-0.1, -0.05) is 12.1 Å². The topological polar surface area (TPSA) is 97.0 Å². The van der Waals surface area contributed by atoms with Crippen molar-refractivity contribution in [3.8, 4) is 16.9 Å². The fraction of sp³-hybridized carbons (Fsp3) is 0.158. The lowest BCUT2D eigenvalue weighted by Crippen LogP contribution is -2.25. The lowest BCUT2D eigenvalue weighted by atomic mass is 10.1. The summed E-state index contributed by atoms with van der Waals surface area (Å²) < 4.78 is 5.65. The molecule has 132 valence electrons. The number of nitrogens with one attached hydrogen (secondary N) is 2. The molecule has 3 aromatic rings. The molecule has 0 saturated carbocycles. The summed E-state index contributed by atoms with van der Waals surface area (Å²) in [6.45, 7) is 0.987. The van der Waals surface area contributed by atoms with E-state index in [-0.39, 0.29) is 11.5 Å². The largest absolute Gasteiger partial charge is 0.494 e. The molecule has 0 aliphatic rings. The Balaban J connectivity index is 1.43. The summed E-state index contributed by atoms with van der Waals surface area (Å²) in [5.74, 6) is 0.558. The molecule has 0 spiro atoms. The quantitative estimate of drug-likeness (QED) is 0.636. The van der Waals surface area contributed by atoms with Crippen molar-refractivity contribution in [2.45, 2.75) is 6.42 Å². The second-order valence-corrected chi connectivity index (χ2v) is 5.52. The molecule has 26 heavy (non-hydrogen) atoms. The van der Waals surface area contributed by atoms with Crippen LogP contribution in [0.15, 0.2) is 65.8 Å². The number of rotatable bonds is 7. The fourth-order valence-corrected chi connectivity index (χ4v) is 2.36. The standard InChI is InChI=1S/C19H18N4O3/c24-18(15-3-1-9-20-13-15)21-10-2-12-26-16-6-4-14(5-7-16)17-8-11-22-23-19(17)25/h1,3-9,11,13H,2,10,12H2,(H,21,24)(H,23,25). The van der Waals surface area contributed by atoms with Crippen molar-refractivity contribution < 1.29 is 9.53 Å². The first-order valence-corrected chi connectivity index (χ1v) is 8.19. The zero-order chi connectivity index (χ0) is 18.2. The highest BCUT2D eigenvalue weighted by molar-refractivity contribution is 5.93. The molecular weight excluding hydrogens is 332 g/mol. The first-order valence-electron chi connectivity index (χ1n) is 8.19. The van der Waals surface area contributed by atoms with Crippen LogP contribution in [-0.2, 0) is 0 Å². The smallest absolute Gasteiger partial charge is 0.272 e. The van der Waals surface area contributed by atoms with Gasteiger partial charge in [-0.2, -0.15) is 5.10 Å². The van der Waals surface area contributed by atoms with Crippen molar-refractivity contribution in [3.05, 3.63) is 77.0 Å². The molecule has 3 rings (SSSR count). The Kier molecular flexibility index (Phi) is 5.72. The Morgan fingerprint density at radius 1 is 1.12 bits per heavy atom. The maximum Gasteiger partial charge on any atom is 0.272 e. The molecule has 0 aliphatic heterocycles. The van der Waals surface area contributed by atoms with E-state index in [1.54, 1.807) is 30.6 Å². The van der Waals surface area contributed by atoms with Gasteiger partial charge in [0.05, 0.1) is 12.2 Å². The molecule has 0 saturated heterocycles. The third kappa shape index (κ3) is 4.54. The highest BCUT2D eigenvalue weighted by atomic mass is 16.5. The van der Waals surface area contributed by atoms with Gasteiger partial charge in [-0.3, -0.25) is 14.6 Å². The van der Waals surface area contributed by atoms with Gasteiger partial charge in [0.2, 0.25) is 0 Å². The number of carbonyl (C=O) groups excluding carboxylic acids is 1. The first-order chi connectivity index (χ1) is 12.7. The number of nitrogens with zero attached hydrogens (tertiary/aromatic N) is 2. The SMILES string of the molecule is O=C(NCCCOc1ccc(-c2ccn[nH]c2=O)cc1)c1cccnc1. The Hall–Kier alpha value is -3.48. The molecule has 2 N–H and O–H groups in total. The molecule has 2 aromatic heterocycles. The first kappa shape index (κ1) is 17.3. The van der Waals surface area contributed by atoms with Gasteiger partial charge in [-0.05, 0) is 42.3 Å². The number of ether oxygens (including phenoxy) is 1. The average Bonchev–Trinajstić information content (AvgIpc) is 2.69. The van der Waals surface area contributed by atoms with E-state index in [2.05, 4.69) is 20.5 Å². The molecule has 7 heteroatoms. The van der Waals surface area contributed by atoms with Crippen LogP contribution in [0.2, 0.25) is 0 Å². The summed E-state index contributed by atoms with van der Waals surface area (Å²) in [6.07, 6.45) is 5.38. The number of pyridine rings is 1. The van der Waals surface area contributed by atoms with Crippen molar-refractivity contribution in [3.63, 3.8) is 0 Å². The molecule has 0 fully saturated rings. The molecule has 2 heterocycles. The van der Waals surface area contributed by atoms with Crippen molar-refractivity contribution in [2.75, 3.05) is 13.2 Å². The van der Waals surface area contributed by atoms with E-state index >= 15 is 0 Å². The lowest BCUT2D eigenvalue weighted by Gasteiger charge is -2.08. The maximum atomic E-state index is 11.9. The van der Waals surface area contributed by atoms with E-state index in [0.29, 0.717) is 36.4 Å². The molecule has 1 aromatic carbocycles. The van der Waals surface area contributed by atoms with Gasteiger partial charge in [0, 0.05) is 30.7 Å². The predicted octanol–water partition coefficient (Wildman–Crippen LogP) is 2.03. The van der Waals surface area contributed by atoms with Crippen LogP contribution in [0, 0.1) is 0 Å². The van der Waals surface area contributed by atoms with Gasteiger partial charge in [0.25, 0.3) is 11.5 Å². The van der Waals surface area contributed by atoms with E-state index in [0.717, 1.165) is 5.56 Å². The number of H-pyrrole nitrogens is 1. The van der Waals surface area contributed by atoms with E-state index in [9.17, 15) is 9.59 Å². The van der Waals surface area contributed by atoms with Gasteiger partial charge >= 0.3 is 0 Å². The van der Waals surface area contributed by atoms with E-state index < -0.39 is 0 Å². The summed E-state index contributed by atoms with van der Waals surface area (Å²) in [5, 5.41) is 8.91. The minimum absolute atomic E-state index is 0.148. The summed E-state index contributed by atoms with van der Waals surface area (Å²) in [4.78, 5) is 27.5. The Labute approximate surface area is 150 Å². The minimum atomic E-state index is -0.231. The third-order valence-electron chi connectivity index (χ3n) is 3.69. The van der Waals surface area contributed by atoms with Crippen molar-refractivity contribution in [2.24, 2.45) is 0 Å². The number of aromatic amines is 1. The van der Waals surface area contributed by atoms with Crippen molar-refractivity contribution in [1.29, 1.82) is 0 Å². The lowest BCUT2D eigenvalue weighted by molar-refractivity contribution is 0.0951. The average molecular weight is 350 g/mol. The zero-order valence-corrected chi connectivity index (χ0v) is 14.0. The number of aromatic nitrogens is 3. The van der Waals surface area contributed by atoms with Crippen LogP contribution in [0.3, 0.4) is 0 Å². The second kappa shape index (κ2) is 8.57. The predicted molar refractivity (Wildman–Crippen MR) is 97.0 cm³/mol. The zero-order valence-electron chi connectivity index (χ0n) is 14.0. The van der Waals surface area contributed by atoms with E-state index in [4.69, 9.17) is 4.74 Å². The number of benzene rings is 1. The van der Waals surface area contributed by atoms with Gasteiger partial charge < -0.3 is 10.1 Å². The summed E-state index contributed by atoms with van der Waals surface area (Å²) >= 11 is 0. The molecule has 0 atom stereocenters. The summed E-state index contributed by atoms with van der Waals surface area (Å²) in [7, 11) is 0. The van der Waals surface area contributed by atoms with Gasteiger partial charge in [0.15, 0.2) is 0 Å². The van der Waals surface area contributed by atoms with Gasteiger partial charge in [-0.15, -0.1) is 0 Å². The highest BCUT2D eigenvalue weighted by Gasteiger charge is 2.05. The van der Waals surface area contributed by atoms with E-state index in [1.165, 1.54) is 6.20 Å². The Bertz CT molecular complexity index is 908. The third-order valence-corrected chi connectivity index (χ3v) is 3.69. The molecule has 1 amide bonds. The summed E-state index contributed by atoms with van der Waals surface area (Å²) in [5.41, 5.74) is 1.66. The normalized spacial score (nSPS) is 10.3. The Morgan fingerprint density at radius 3 is 2.69 bits per heavy atom. The summed E-state index contributed by atoms with van der Waals surface area (Å²) in [6, 6.07) is 12.4. The van der Waals surface area contributed by atoms with Crippen molar-refractivity contribution >= 4 is 5.91 Å². The highest BCUT2D eigenvalue weighted by Crippen LogP contribution is 2.19. The molecule has 0 radical (unpaired) electrons. The second-order valence-electron chi connectivity index (χ2n) is 5.52. The van der Waals surface area contributed by atoms with E-state index in [1.807, 2.05) is 24.3 Å². The molecule has 0 unspecified atom stereocenters. The van der Waals surface area contributed by atoms with Gasteiger partial charge in [0.1, 0.15) is 5.75 Å². The van der Waals surface area contributed by atoms with Crippen LogP contribution in [0.1, 0.15) is 16.8 Å². The van der Waals surface area contributed by atoms with Gasteiger partial charge in [-0.25, -0.2) is 5.10 Å².